The molecule has 0 radical (unpaired) electrons. The van der Waals surface area contributed by atoms with E-state index in [1.54, 1.807) is 0 Å². The zero-order chi connectivity index (χ0) is 11.2. The van der Waals surface area contributed by atoms with Gasteiger partial charge in [-0.2, -0.15) is 0 Å². The van der Waals surface area contributed by atoms with Crippen LogP contribution in [-0.2, 0) is 6.42 Å². The summed E-state index contributed by atoms with van der Waals surface area (Å²) in [6.07, 6.45) is 2.24. The second-order valence-corrected chi connectivity index (χ2v) is 4.23. The Kier molecular flexibility index (Phi) is 3.81. The molecule has 1 aliphatic heterocycles. The lowest BCUT2D eigenvalue weighted by atomic mass is 10.1. The molecule has 1 unspecified atom stereocenters. The fourth-order valence-corrected chi connectivity index (χ4v) is 1.83. The minimum absolute atomic E-state index is 0.463. The predicted molar refractivity (Wildman–Crippen MR) is 67.7 cm³/mol. The van der Waals surface area contributed by atoms with Crippen LogP contribution in [0.1, 0.15) is 18.9 Å². The third kappa shape index (κ3) is 3.26. The third-order valence-electron chi connectivity index (χ3n) is 2.77. The lowest BCUT2D eigenvalue weighted by Gasteiger charge is -2.14. The highest BCUT2D eigenvalue weighted by molar-refractivity contribution is 5.81. The SMILES string of the molecule is CC(CCc1ccccc1)NC1=NCCN1. The molecule has 3 heteroatoms. The Morgan fingerprint density at radius 1 is 1.38 bits per heavy atom. The number of hydrogen-bond donors (Lipinski definition) is 2. The summed E-state index contributed by atoms with van der Waals surface area (Å²) in [5, 5.41) is 6.61. The van der Waals surface area contributed by atoms with E-state index in [4.69, 9.17) is 0 Å². The minimum atomic E-state index is 0.463. The number of benzene rings is 1. The van der Waals surface area contributed by atoms with E-state index in [0.29, 0.717) is 6.04 Å². The number of hydrogen-bond acceptors (Lipinski definition) is 3. The van der Waals surface area contributed by atoms with E-state index in [1.165, 1.54) is 5.56 Å². The molecule has 1 aromatic carbocycles. The summed E-state index contributed by atoms with van der Waals surface area (Å²) in [6.45, 7) is 4.06. The van der Waals surface area contributed by atoms with Gasteiger partial charge in [0.2, 0.25) is 0 Å². The van der Waals surface area contributed by atoms with Crippen molar-refractivity contribution >= 4 is 5.96 Å². The van der Waals surface area contributed by atoms with E-state index in [0.717, 1.165) is 31.9 Å². The van der Waals surface area contributed by atoms with Crippen molar-refractivity contribution in [3.63, 3.8) is 0 Å². The first-order valence-electron chi connectivity index (χ1n) is 5.93. The van der Waals surface area contributed by atoms with Gasteiger partial charge < -0.3 is 10.6 Å². The molecule has 0 amide bonds. The molecule has 1 aromatic rings. The van der Waals surface area contributed by atoms with Gasteiger partial charge in [0.25, 0.3) is 0 Å². The predicted octanol–water partition coefficient (Wildman–Crippen LogP) is 1.56. The number of nitrogens with zero attached hydrogens (tertiary/aromatic N) is 1. The van der Waals surface area contributed by atoms with Gasteiger partial charge in [-0.15, -0.1) is 0 Å². The highest BCUT2D eigenvalue weighted by Crippen LogP contribution is 2.04. The molecule has 0 aliphatic carbocycles. The van der Waals surface area contributed by atoms with Crippen molar-refractivity contribution < 1.29 is 0 Å². The molecular weight excluding hydrogens is 198 g/mol. The summed E-state index contributed by atoms with van der Waals surface area (Å²) in [6, 6.07) is 11.1. The Hall–Kier alpha value is -1.51. The molecule has 2 rings (SSSR count). The third-order valence-corrected chi connectivity index (χ3v) is 2.77. The van der Waals surface area contributed by atoms with Crippen molar-refractivity contribution in [2.75, 3.05) is 13.1 Å². The van der Waals surface area contributed by atoms with Crippen molar-refractivity contribution in [2.24, 2.45) is 4.99 Å². The molecule has 16 heavy (non-hydrogen) atoms. The van der Waals surface area contributed by atoms with Gasteiger partial charge in [-0.1, -0.05) is 30.3 Å². The van der Waals surface area contributed by atoms with Gasteiger partial charge in [-0.05, 0) is 25.3 Å². The fraction of sp³-hybridized carbons (Fsp3) is 0.462. The number of guanidine groups is 1. The van der Waals surface area contributed by atoms with Crippen molar-refractivity contribution in [3.05, 3.63) is 35.9 Å². The Bertz CT molecular complexity index is 345. The monoisotopic (exact) mass is 217 g/mol. The first-order chi connectivity index (χ1) is 7.84. The largest absolute Gasteiger partial charge is 0.355 e. The van der Waals surface area contributed by atoms with E-state index in [1.807, 2.05) is 0 Å². The normalized spacial score (nSPS) is 16.4. The summed E-state index contributed by atoms with van der Waals surface area (Å²) < 4.78 is 0. The molecule has 2 N–H and O–H groups in total. The Morgan fingerprint density at radius 2 is 2.19 bits per heavy atom. The van der Waals surface area contributed by atoms with Gasteiger partial charge in [-0.3, -0.25) is 4.99 Å². The molecule has 3 nitrogen and oxygen atoms in total. The lowest BCUT2D eigenvalue weighted by Crippen LogP contribution is -2.39. The van der Waals surface area contributed by atoms with Gasteiger partial charge in [0.05, 0.1) is 6.54 Å². The number of nitrogens with one attached hydrogen (secondary N) is 2. The van der Waals surface area contributed by atoms with Crippen LogP contribution in [0, 0.1) is 0 Å². The summed E-state index contributed by atoms with van der Waals surface area (Å²) in [5.74, 6) is 0.959. The highest BCUT2D eigenvalue weighted by Gasteiger charge is 2.08. The van der Waals surface area contributed by atoms with Gasteiger partial charge in [0, 0.05) is 12.6 Å². The summed E-state index contributed by atoms with van der Waals surface area (Å²) in [7, 11) is 0. The molecule has 0 bridgehead atoms. The smallest absolute Gasteiger partial charge is 0.191 e. The van der Waals surface area contributed by atoms with Crippen LogP contribution in [0.5, 0.6) is 0 Å². The van der Waals surface area contributed by atoms with Crippen LogP contribution in [-0.4, -0.2) is 25.1 Å². The van der Waals surface area contributed by atoms with Crippen LogP contribution in [0.25, 0.3) is 0 Å². The summed E-state index contributed by atoms with van der Waals surface area (Å²) in [4.78, 5) is 4.33. The maximum absolute atomic E-state index is 4.33. The van der Waals surface area contributed by atoms with Gasteiger partial charge in [-0.25, -0.2) is 0 Å². The van der Waals surface area contributed by atoms with Crippen molar-refractivity contribution in [3.8, 4) is 0 Å². The zero-order valence-corrected chi connectivity index (χ0v) is 9.74. The Labute approximate surface area is 97.0 Å². The van der Waals surface area contributed by atoms with Gasteiger partial charge in [0.15, 0.2) is 5.96 Å². The van der Waals surface area contributed by atoms with E-state index in [-0.39, 0.29) is 0 Å². The Morgan fingerprint density at radius 3 is 2.88 bits per heavy atom. The average Bonchev–Trinajstić information content (AvgIpc) is 2.81. The van der Waals surface area contributed by atoms with E-state index >= 15 is 0 Å². The summed E-state index contributed by atoms with van der Waals surface area (Å²) >= 11 is 0. The molecule has 0 saturated heterocycles. The van der Waals surface area contributed by atoms with Crippen molar-refractivity contribution in [2.45, 2.75) is 25.8 Å². The van der Waals surface area contributed by atoms with Crippen LogP contribution >= 0.6 is 0 Å². The maximum Gasteiger partial charge on any atom is 0.191 e. The molecule has 86 valence electrons. The van der Waals surface area contributed by atoms with Crippen LogP contribution < -0.4 is 10.6 Å². The lowest BCUT2D eigenvalue weighted by molar-refractivity contribution is 0.599. The molecule has 0 aromatic heterocycles. The number of rotatable bonds is 4. The second kappa shape index (κ2) is 5.54. The molecule has 0 saturated carbocycles. The standard InChI is InChI=1S/C13H19N3/c1-11(16-13-14-9-10-15-13)7-8-12-5-3-2-4-6-12/h2-6,11H,7-10H2,1H3,(H2,14,15,16). The second-order valence-electron chi connectivity index (χ2n) is 4.23. The maximum atomic E-state index is 4.33. The van der Waals surface area contributed by atoms with Crippen molar-refractivity contribution in [1.82, 2.24) is 10.6 Å². The van der Waals surface area contributed by atoms with Crippen LogP contribution in [0.3, 0.4) is 0 Å². The Balaban J connectivity index is 1.73. The minimum Gasteiger partial charge on any atom is -0.355 e. The average molecular weight is 217 g/mol. The molecule has 0 fully saturated rings. The van der Waals surface area contributed by atoms with E-state index < -0.39 is 0 Å². The molecule has 1 heterocycles. The molecule has 1 aliphatic rings. The molecule has 1 atom stereocenters. The van der Waals surface area contributed by atoms with E-state index in [2.05, 4.69) is 52.9 Å². The van der Waals surface area contributed by atoms with Gasteiger partial charge >= 0.3 is 0 Å². The van der Waals surface area contributed by atoms with Crippen LogP contribution in [0.15, 0.2) is 35.3 Å². The first-order valence-corrected chi connectivity index (χ1v) is 5.93. The highest BCUT2D eigenvalue weighted by atomic mass is 15.2. The quantitative estimate of drug-likeness (QED) is 0.803. The molecular formula is C13H19N3. The van der Waals surface area contributed by atoms with Crippen LogP contribution in [0.4, 0.5) is 0 Å². The van der Waals surface area contributed by atoms with Crippen LogP contribution in [0.2, 0.25) is 0 Å². The molecule has 0 spiro atoms. The van der Waals surface area contributed by atoms with E-state index in [9.17, 15) is 0 Å². The fourth-order valence-electron chi connectivity index (χ4n) is 1.83. The summed E-state index contributed by atoms with van der Waals surface area (Å²) in [5.41, 5.74) is 1.40. The topological polar surface area (TPSA) is 36.4 Å². The number of aryl methyl sites for hydroxylation is 1. The van der Waals surface area contributed by atoms with Gasteiger partial charge in [0.1, 0.15) is 0 Å². The zero-order valence-electron chi connectivity index (χ0n) is 9.74. The first kappa shape index (κ1) is 11.0. The van der Waals surface area contributed by atoms with Crippen molar-refractivity contribution in [1.29, 1.82) is 0 Å². The number of aliphatic imine (C=N–C) groups is 1.